The third kappa shape index (κ3) is 4.35. The average Bonchev–Trinajstić information content (AvgIpc) is 2.24. The zero-order chi connectivity index (χ0) is 11.1. The number of carboxylic acids is 1. The van der Waals surface area contributed by atoms with E-state index in [1.807, 2.05) is 29.1 Å². The van der Waals surface area contributed by atoms with E-state index in [4.69, 9.17) is 5.11 Å². The molecule has 0 unspecified atom stereocenters. The van der Waals surface area contributed by atoms with Gasteiger partial charge in [0.05, 0.1) is 12.0 Å². The molecule has 1 heterocycles. The first-order chi connectivity index (χ1) is 7.22. The highest BCUT2D eigenvalue weighted by Gasteiger charge is 1.97. The van der Waals surface area contributed by atoms with Crippen molar-refractivity contribution in [2.75, 3.05) is 6.54 Å². The van der Waals surface area contributed by atoms with Gasteiger partial charge in [-0.25, -0.2) is 4.57 Å². The monoisotopic (exact) mass is 207 g/mol. The van der Waals surface area contributed by atoms with Crippen molar-refractivity contribution < 1.29 is 14.5 Å². The maximum absolute atomic E-state index is 10.2. The molecule has 0 fully saturated rings. The van der Waals surface area contributed by atoms with Crippen LogP contribution >= 0.6 is 0 Å². The van der Waals surface area contributed by atoms with Gasteiger partial charge in [-0.15, -0.1) is 0 Å². The number of rotatable bonds is 5. The molecule has 0 atom stereocenters. The highest BCUT2D eigenvalue weighted by atomic mass is 16.4. The Morgan fingerprint density at radius 1 is 1.67 bits per heavy atom. The van der Waals surface area contributed by atoms with Crippen molar-refractivity contribution in [3.8, 4) is 0 Å². The topological polar surface area (TPSA) is 53.5 Å². The molecule has 1 aromatic heterocycles. The lowest BCUT2D eigenvalue weighted by Crippen LogP contribution is -2.31. The summed E-state index contributed by atoms with van der Waals surface area (Å²) in [6.07, 6.45) is 5.74. The summed E-state index contributed by atoms with van der Waals surface area (Å²) in [6.45, 7) is 3.30. The predicted molar refractivity (Wildman–Crippen MR) is 57.0 cm³/mol. The molecule has 15 heavy (non-hydrogen) atoms. The Kier molecular flexibility index (Phi) is 4.47. The lowest BCUT2D eigenvalue weighted by molar-refractivity contribution is -0.693. The number of hydrogen-bond donors (Lipinski definition) is 1. The Labute approximate surface area is 88.9 Å². The lowest BCUT2D eigenvalue weighted by Gasteiger charge is -1.93. The normalized spacial score (nSPS) is 10.7. The molecule has 1 N–H and O–H groups in total. The molecular weight excluding hydrogens is 192 g/mol. The van der Waals surface area contributed by atoms with Gasteiger partial charge in [-0.3, -0.25) is 9.79 Å². The van der Waals surface area contributed by atoms with Gasteiger partial charge in [0.1, 0.15) is 6.54 Å². The Morgan fingerprint density at radius 3 is 3.13 bits per heavy atom. The van der Waals surface area contributed by atoms with Crippen LogP contribution in [-0.2, 0) is 11.3 Å². The first kappa shape index (κ1) is 11.4. The Balaban J connectivity index is 2.52. The highest BCUT2D eigenvalue weighted by molar-refractivity contribution is 5.78. The molecule has 0 spiro atoms. The van der Waals surface area contributed by atoms with Crippen LogP contribution in [0.5, 0.6) is 0 Å². The van der Waals surface area contributed by atoms with Gasteiger partial charge in [0.15, 0.2) is 12.4 Å². The molecule has 4 heteroatoms. The van der Waals surface area contributed by atoms with E-state index < -0.39 is 5.97 Å². The van der Waals surface area contributed by atoms with Gasteiger partial charge >= 0.3 is 5.97 Å². The summed E-state index contributed by atoms with van der Waals surface area (Å²) in [6, 6.07) is 3.89. The zero-order valence-electron chi connectivity index (χ0n) is 8.76. The maximum atomic E-state index is 10.2. The van der Waals surface area contributed by atoms with Gasteiger partial charge in [0.25, 0.3) is 0 Å². The minimum absolute atomic E-state index is 0.0805. The summed E-state index contributed by atoms with van der Waals surface area (Å²) in [5.74, 6) is -0.816. The van der Waals surface area contributed by atoms with Gasteiger partial charge < -0.3 is 5.11 Å². The second-order valence-corrected chi connectivity index (χ2v) is 3.15. The fraction of sp³-hybridized carbons (Fsp3) is 0.364. The fourth-order valence-corrected chi connectivity index (χ4v) is 1.15. The van der Waals surface area contributed by atoms with Crippen LogP contribution in [0.2, 0.25) is 0 Å². The summed E-state index contributed by atoms with van der Waals surface area (Å²) >= 11 is 0. The number of aliphatic imine (C=N–C) groups is 1. The molecule has 0 saturated heterocycles. The van der Waals surface area contributed by atoms with Crippen LogP contribution in [0.3, 0.4) is 0 Å². The number of aromatic nitrogens is 1. The van der Waals surface area contributed by atoms with Crippen LogP contribution in [0, 0.1) is 0 Å². The minimum atomic E-state index is -0.816. The molecule has 0 aliphatic rings. The van der Waals surface area contributed by atoms with Gasteiger partial charge in [-0.1, -0.05) is 0 Å². The molecule has 0 bridgehead atoms. The number of nitrogens with zero attached hydrogens (tertiary/aromatic N) is 2. The van der Waals surface area contributed by atoms with Crippen LogP contribution in [0.25, 0.3) is 0 Å². The largest absolute Gasteiger partial charge is 0.481 e. The third-order valence-electron chi connectivity index (χ3n) is 1.94. The molecule has 1 aromatic rings. The minimum Gasteiger partial charge on any atom is -0.481 e. The summed E-state index contributed by atoms with van der Waals surface area (Å²) in [7, 11) is 0. The number of aliphatic carboxylic acids is 1. The Bertz CT molecular complexity index is 361. The van der Waals surface area contributed by atoms with E-state index in [2.05, 4.69) is 11.9 Å². The molecule has 0 radical (unpaired) electrons. The van der Waals surface area contributed by atoms with Gasteiger partial charge in [-0.2, -0.15) is 0 Å². The number of hydrogen-bond acceptors (Lipinski definition) is 2. The predicted octanol–water partition coefficient (Wildman–Crippen LogP) is 0.888. The van der Waals surface area contributed by atoms with Crippen molar-refractivity contribution in [2.24, 2.45) is 4.99 Å². The number of carbonyl (C=O) groups is 1. The second kappa shape index (κ2) is 5.90. The summed E-state index contributed by atoms with van der Waals surface area (Å²) in [4.78, 5) is 14.3. The molecular formula is C11H15N2O2+. The molecule has 80 valence electrons. The van der Waals surface area contributed by atoms with E-state index in [1.165, 1.54) is 0 Å². The SMILES string of the molecule is CC[n+]1cccc(C=NCCC(=O)O)c1. The van der Waals surface area contributed by atoms with Gasteiger partial charge in [0.2, 0.25) is 0 Å². The first-order valence-corrected chi connectivity index (χ1v) is 4.93. The van der Waals surface area contributed by atoms with Crippen molar-refractivity contribution in [3.05, 3.63) is 30.1 Å². The Morgan fingerprint density at radius 2 is 2.47 bits per heavy atom. The van der Waals surface area contributed by atoms with Crippen LogP contribution in [0.1, 0.15) is 18.9 Å². The molecule has 0 aliphatic carbocycles. The quantitative estimate of drug-likeness (QED) is 0.576. The van der Waals surface area contributed by atoms with E-state index in [0.717, 1.165) is 12.1 Å². The zero-order valence-corrected chi connectivity index (χ0v) is 8.76. The van der Waals surface area contributed by atoms with Crippen LogP contribution in [0.15, 0.2) is 29.5 Å². The molecule has 0 saturated carbocycles. The second-order valence-electron chi connectivity index (χ2n) is 3.15. The van der Waals surface area contributed by atoms with E-state index in [1.54, 1.807) is 6.21 Å². The number of carboxylic acid groups (broad SMARTS) is 1. The molecule has 0 aliphatic heterocycles. The summed E-state index contributed by atoms with van der Waals surface area (Å²) in [5.41, 5.74) is 0.990. The Hall–Kier alpha value is -1.71. The van der Waals surface area contributed by atoms with Crippen LogP contribution in [0.4, 0.5) is 0 Å². The summed E-state index contributed by atoms with van der Waals surface area (Å²) < 4.78 is 2.04. The maximum Gasteiger partial charge on any atom is 0.305 e. The third-order valence-corrected chi connectivity index (χ3v) is 1.94. The van der Waals surface area contributed by atoms with Crippen molar-refractivity contribution in [1.29, 1.82) is 0 Å². The smallest absolute Gasteiger partial charge is 0.305 e. The molecule has 0 aromatic carbocycles. The fourth-order valence-electron chi connectivity index (χ4n) is 1.15. The van der Waals surface area contributed by atoms with Crippen molar-refractivity contribution in [1.82, 2.24) is 0 Å². The van der Waals surface area contributed by atoms with Crippen molar-refractivity contribution in [3.63, 3.8) is 0 Å². The van der Waals surface area contributed by atoms with Crippen molar-refractivity contribution in [2.45, 2.75) is 19.9 Å². The van der Waals surface area contributed by atoms with Gasteiger partial charge in [-0.05, 0) is 13.0 Å². The lowest BCUT2D eigenvalue weighted by atomic mass is 10.3. The van der Waals surface area contributed by atoms with Crippen LogP contribution < -0.4 is 4.57 Å². The van der Waals surface area contributed by atoms with E-state index in [9.17, 15) is 4.79 Å². The van der Waals surface area contributed by atoms with E-state index in [0.29, 0.717) is 6.54 Å². The van der Waals surface area contributed by atoms with Crippen LogP contribution in [-0.4, -0.2) is 23.8 Å². The molecule has 0 amide bonds. The van der Waals surface area contributed by atoms with E-state index in [-0.39, 0.29) is 6.42 Å². The van der Waals surface area contributed by atoms with E-state index >= 15 is 0 Å². The summed E-state index contributed by atoms with van der Waals surface area (Å²) in [5, 5.41) is 8.41. The van der Waals surface area contributed by atoms with Crippen molar-refractivity contribution >= 4 is 12.2 Å². The first-order valence-electron chi connectivity index (χ1n) is 4.93. The number of pyridine rings is 1. The average molecular weight is 207 g/mol. The van der Waals surface area contributed by atoms with Gasteiger partial charge in [0, 0.05) is 18.8 Å². The standard InChI is InChI=1S/C11H14N2O2/c1-2-13-7-3-4-10(9-13)8-12-6-5-11(14)15/h3-4,7-9H,2,5-6H2,1H3/p+1. The molecule has 4 nitrogen and oxygen atoms in total. The molecule has 1 rings (SSSR count). The number of aryl methyl sites for hydroxylation is 1. The highest BCUT2D eigenvalue weighted by Crippen LogP contribution is 1.90.